The second-order valence-corrected chi connectivity index (χ2v) is 4.08. The first-order chi connectivity index (χ1) is 8.69. The largest absolute Gasteiger partial charge is 0.495 e. The number of hydrogen-bond donors (Lipinski definition) is 2. The van der Waals surface area contributed by atoms with Gasteiger partial charge < -0.3 is 15.0 Å². The van der Waals surface area contributed by atoms with Crippen molar-refractivity contribution in [3.63, 3.8) is 0 Å². The standard InChI is InChI=1S/C12H12ClN3O2/c1-18-11-3-2-8(13)4-10(11)16-12(17)5-9-6-14-7-15-9/h2-4,6-7H,5H2,1H3,(H,14,15)(H,16,17). The van der Waals surface area contributed by atoms with E-state index >= 15 is 0 Å². The molecule has 0 aliphatic heterocycles. The summed E-state index contributed by atoms with van der Waals surface area (Å²) in [7, 11) is 1.54. The highest BCUT2D eigenvalue weighted by atomic mass is 35.5. The highest BCUT2D eigenvalue weighted by Gasteiger charge is 2.09. The van der Waals surface area contributed by atoms with E-state index in [1.165, 1.54) is 13.4 Å². The molecule has 0 aliphatic rings. The SMILES string of the molecule is COc1ccc(Cl)cc1NC(=O)Cc1cnc[nH]1. The van der Waals surface area contributed by atoms with Crippen molar-refractivity contribution in [1.29, 1.82) is 0 Å². The van der Waals surface area contributed by atoms with Gasteiger partial charge in [-0.05, 0) is 18.2 Å². The Hall–Kier alpha value is -2.01. The second-order valence-electron chi connectivity index (χ2n) is 3.65. The van der Waals surface area contributed by atoms with Crippen molar-refractivity contribution in [2.24, 2.45) is 0 Å². The van der Waals surface area contributed by atoms with Crippen LogP contribution in [0.4, 0.5) is 5.69 Å². The summed E-state index contributed by atoms with van der Waals surface area (Å²) in [5.74, 6) is 0.400. The van der Waals surface area contributed by atoms with Gasteiger partial charge in [0.05, 0.1) is 25.5 Å². The number of amides is 1. The van der Waals surface area contributed by atoms with Crippen molar-refractivity contribution >= 4 is 23.2 Å². The predicted octanol–water partition coefficient (Wildman–Crippen LogP) is 2.25. The second kappa shape index (κ2) is 5.55. The number of benzene rings is 1. The maximum Gasteiger partial charge on any atom is 0.230 e. The zero-order valence-corrected chi connectivity index (χ0v) is 10.5. The number of imidazole rings is 1. The van der Waals surface area contributed by atoms with Crippen molar-refractivity contribution in [2.75, 3.05) is 12.4 Å². The molecule has 0 radical (unpaired) electrons. The fourth-order valence-corrected chi connectivity index (χ4v) is 1.70. The Balaban J connectivity index is 2.08. The highest BCUT2D eigenvalue weighted by Crippen LogP contribution is 2.27. The number of nitrogens with one attached hydrogen (secondary N) is 2. The number of H-pyrrole nitrogens is 1. The lowest BCUT2D eigenvalue weighted by molar-refractivity contribution is -0.115. The molecule has 0 aliphatic carbocycles. The Labute approximate surface area is 109 Å². The Bertz CT molecular complexity index is 540. The number of hydrogen-bond acceptors (Lipinski definition) is 3. The van der Waals surface area contributed by atoms with Gasteiger partial charge in [-0.25, -0.2) is 4.98 Å². The smallest absolute Gasteiger partial charge is 0.230 e. The van der Waals surface area contributed by atoms with E-state index in [9.17, 15) is 4.79 Å². The van der Waals surface area contributed by atoms with E-state index in [2.05, 4.69) is 15.3 Å². The lowest BCUT2D eigenvalue weighted by Gasteiger charge is -2.10. The number of aromatic nitrogens is 2. The van der Waals surface area contributed by atoms with Crippen LogP contribution in [0.2, 0.25) is 5.02 Å². The van der Waals surface area contributed by atoms with Crippen molar-refractivity contribution in [1.82, 2.24) is 9.97 Å². The lowest BCUT2D eigenvalue weighted by Crippen LogP contribution is -2.15. The summed E-state index contributed by atoms with van der Waals surface area (Å²) in [4.78, 5) is 18.5. The molecule has 2 aromatic rings. The summed E-state index contributed by atoms with van der Waals surface area (Å²) in [5.41, 5.74) is 1.29. The fraction of sp³-hybridized carbons (Fsp3) is 0.167. The third kappa shape index (κ3) is 3.01. The van der Waals surface area contributed by atoms with Crippen LogP contribution < -0.4 is 10.1 Å². The Morgan fingerprint density at radius 3 is 3.06 bits per heavy atom. The number of methoxy groups -OCH3 is 1. The minimum atomic E-state index is -0.167. The molecular weight excluding hydrogens is 254 g/mol. The van der Waals surface area contributed by atoms with Crippen LogP contribution >= 0.6 is 11.6 Å². The molecule has 2 N–H and O–H groups in total. The Morgan fingerprint density at radius 1 is 1.56 bits per heavy atom. The molecular formula is C12H12ClN3O2. The third-order valence-electron chi connectivity index (χ3n) is 2.34. The van der Waals surface area contributed by atoms with Crippen molar-refractivity contribution < 1.29 is 9.53 Å². The lowest BCUT2D eigenvalue weighted by atomic mass is 10.2. The topological polar surface area (TPSA) is 67.0 Å². The quantitative estimate of drug-likeness (QED) is 0.891. The van der Waals surface area contributed by atoms with E-state index in [4.69, 9.17) is 16.3 Å². The van der Waals surface area contributed by atoms with Crippen LogP contribution in [0.3, 0.4) is 0 Å². The van der Waals surface area contributed by atoms with E-state index < -0.39 is 0 Å². The molecule has 2 rings (SSSR count). The fourth-order valence-electron chi connectivity index (χ4n) is 1.53. The van der Waals surface area contributed by atoms with Crippen LogP contribution in [0.5, 0.6) is 5.75 Å². The predicted molar refractivity (Wildman–Crippen MR) is 68.9 cm³/mol. The maximum atomic E-state index is 11.8. The summed E-state index contributed by atoms with van der Waals surface area (Å²) in [6.07, 6.45) is 3.35. The first-order valence-corrected chi connectivity index (χ1v) is 5.67. The molecule has 1 aromatic carbocycles. The number of ether oxygens (including phenoxy) is 1. The number of aromatic amines is 1. The summed E-state index contributed by atoms with van der Waals surface area (Å²) >= 11 is 5.88. The minimum absolute atomic E-state index is 0.167. The van der Waals surface area contributed by atoms with Crippen LogP contribution in [-0.2, 0) is 11.2 Å². The number of rotatable bonds is 4. The van der Waals surface area contributed by atoms with E-state index in [-0.39, 0.29) is 12.3 Å². The number of carbonyl (C=O) groups is 1. The first-order valence-electron chi connectivity index (χ1n) is 5.29. The van der Waals surface area contributed by atoms with Crippen LogP contribution in [0.1, 0.15) is 5.69 Å². The van der Waals surface area contributed by atoms with Gasteiger partial charge in [0.2, 0.25) is 5.91 Å². The molecule has 1 heterocycles. The zero-order chi connectivity index (χ0) is 13.0. The van der Waals surface area contributed by atoms with Gasteiger partial charge in [-0.2, -0.15) is 0 Å². The molecule has 0 unspecified atom stereocenters. The molecule has 5 nitrogen and oxygen atoms in total. The first kappa shape index (κ1) is 12.4. The summed E-state index contributed by atoms with van der Waals surface area (Å²) < 4.78 is 5.14. The molecule has 0 saturated carbocycles. The molecule has 6 heteroatoms. The summed E-state index contributed by atoms with van der Waals surface area (Å²) in [6, 6.07) is 5.05. The molecule has 0 bridgehead atoms. The number of anilines is 1. The van der Waals surface area contributed by atoms with Gasteiger partial charge in [-0.15, -0.1) is 0 Å². The van der Waals surface area contributed by atoms with Gasteiger partial charge in [0, 0.05) is 16.9 Å². The number of carbonyl (C=O) groups excluding carboxylic acids is 1. The van der Waals surface area contributed by atoms with Crippen molar-refractivity contribution in [3.05, 3.63) is 41.4 Å². The van der Waals surface area contributed by atoms with Gasteiger partial charge in [0.25, 0.3) is 0 Å². The Kier molecular flexibility index (Phi) is 3.84. The highest BCUT2D eigenvalue weighted by molar-refractivity contribution is 6.31. The summed E-state index contributed by atoms with van der Waals surface area (Å²) in [5, 5.41) is 3.28. The molecule has 1 amide bonds. The normalized spacial score (nSPS) is 10.1. The van der Waals surface area contributed by atoms with E-state index in [0.717, 1.165) is 5.69 Å². The minimum Gasteiger partial charge on any atom is -0.495 e. The maximum absolute atomic E-state index is 11.8. The van der Waals surface area contributed by atoms with Gasteiger partial charge >= 0.3 is 0 Å². The van der Waals surface area contributed by atoms with Crippen LogP contribution in [0.15, 0.2) is 30.7 Å². The Morgan fingerprint density at radius 2 is 2.39 bits per heavy atom. The van der Waals surface area contributed by atoms with Gasteiger partial charge in [-0.1, -0.05) is 11.6 Å². The summed E-state index contributed by atoms with van der Waals surface area (Å²) in [6.45, 7) is 0. The van der Waals surface area contributed by atoms with E-state index in [0.29, 0.717) is 16.5 Å². The van der Waals surface area contributed by atoms with Crippen LogP contribution in [0.25, 0.3) is 0 Å². The molecule has 0 fully saturated rings. The number of nitrogens with zero attached hydrogens (tertiary/aromatic N) is 1. The van der Waals surface area contributed by atoms with Crippen LogP contribution in [0, 0.1) is 0 Å². The molecule has 0 spiro atoms. The average molecular weight is 266 g/mol. The van der Waals surface area contributed by atoms with Gasteiger partial charge in [0.1, 0.15) is 5.75 Å². The molecule has 1 aromatic heterocycles. The number of halogens is 1. The van der Waals surface area contributed by atoms with E-state index in [1.54, 1.807) is 24.4 Å². The molecule has 94 valence electrons. The van der Waals surface area contributed by atoms with E-state index in [1.807, 2.05) is 0 Å². The zero-order valence-electron chi connectivity index (χ0n) is 9.74. The molecule has 18 heavy (non-hydrogen) atoms. The third-order valence-corrected chi connectivity index (χ3v) is 2.58. The van der Waals surface area contributed by atoms with Crippen molar-refractivity contribution in [3.8, 4) is 5.75 Å². The molecule has 0 saturated heterocycles. The van der Waals surface area contributed by atoms with Crippen LogP contribution in [-0.4, -0.2) is 23.0 Å². The monoisotopic (exact) mass is 265 g/mol. The van der Waals surface area contributed by atoms with Crippen molar-refractivity contribution in [2.45, 2.75) is 6.42 Å². The van der Waals surface area contributed by atoms with Gasteiger partial charge in [-0.3, -0.25) is 4.79 Å². The van der Waals surface area contributed by atoms with Gasteiger partial charge in [0.15, 0.2) is 0 Å². The molecule has 0 atom stereocenters. The average Bonchev–Trinajstić information content (AvgIpc) is 2.82.